The average Bonchev–Trinajstić information content (AvgIpc) is 2.18. The number of pyridine rings is 1. The number of amides is 1. The molecule has 0 radical (unpaired) electrons. The lowest BCUT2D eigenvalue weighted by atomic mass is 10.2. The molecule has 5 nitrogen and oxygen atoms in total. The zero-order chi connectivity index (χ0) is 11.4. The van der Waals surface area contributed by atoms with E-state index in [2.05, 4.69) is 26.2 Å². The average molecular weight is 296 g/mol. The molecule has 1 atom stereocenters. The van der Waals surface area contributed by atoms with E-state index in [1.807, 2.05) is 0 Å². The number of aliphatic hydroxyl groups is 1. The first-order valence-electron chi connectivity index (χ1n) is 3.96. The maximum Gasteiger partial charge on any atom is 0.405 e. The van der Waals surface area contributed by atoms with Crippen LogP contribution in [0.4, 0.5) is 4.79 Å². The van der Waals surface area contributed by atoms with Gasteiger partial charge in [-0.3, -0.25) is 4.98 Å². The molecule has 1 amide bonds. The molecule has 1 heterocycles. The molecule has 0 unspecified atom stereocenters. The van der Waals surface area contributed by atoms with Crippen molar-refractivity contribution in [2.24, 2.45) is 0 Å². The van der Waals surface area contributed by atoms with Crippen molar-refractivity contribution in [2.45, 2.75) is 6.04 Å². The van der Waals surface area contributed by atoms with Gasteiger partial charge in [0, 0.05) is 10.7 Å². The highest BCUT2D eigenvalue weighted by molar-refractivity contribution is 9.10. The summed E-state index contributed by atoms with van der Waals surface area (Å²) < 4.78 is 0.597. The molecule has 15 heavy (non-hydrogen) atoms. The Kier molecular flexibility index (Phi) is 4.31. The van der Waals surface area contributed by atoms with Crippen molar-refractivity contribution < 1.29 is 15.0 Å². The smallest absolute Gasteiger partial charge is 0.405 e. The summed E-state index contributed by atoms with van der Waals surface area (Å²) in [4.78, 5) is 14.3. The van der Waals surface area contributed by atoms with Crippen molar-refractivity contribution in [1.82, 2.24) is 10.3 Å². The standard InChI is InChI=1S/C8H8BrClN2O3/c9-4-1-6(11-2-5(4)10)7(3-13)12-8(14)15/h1-2,7,12-13H,3H2,(H,14,15)/t7-/m1/s1. The van der Waals surface area contributed by atoms with Gasteiger partial charge in [0.2, 0.25) is 0 Å². The quantitative estimate of drug-likeness (QED) is 0.794. The Labute approximate surface area is 99.2 Å². The van der Waals surface area contributed by atoms with Crippen LogP contribution in [-0.2, 0) is 0 Å². The first-order chi connectivity index (χ1) is 7.04. The molecular weight excluding hydrogens is 287 g/mol. The van der Waals surface area contributed by atoms with Crippen LogP contribution < -0.4 is 5.32 Å². The van der Waals surface area contributed by atoms with Gasteiger partial charge in [0.15, 0.2) is 0 Å². The number of halogens is 2. The third-order valence-electron chi connectivity index (χ3n) is 1.67. The minimum absolute atomic E-state index is 0.368. The zero-order valence-corrected chi connectivity index (χ0v) is 9.79. The van der Waals surface area contributed by atoms with E-state index in [0.717, 1.165) is 0 Å². The fraction of sp³-hybridized carbons (Fsp3) is 0.250. The van der Waals surface area contributed by atoms with Gasteiger partial charge in [-0.25, -0.2) is 4.79 Å². The van der Waals surface area contributed by atoms with E-state index in [1.165, 1.54) is 6.20 Å². The van der Waals surface area contributed by atoms with Gasteiger partial charge in [0.05, 0.1) is 23.4 Å². The van der Waals surface area contributed by atoms with Gasteiger partial charge in [-0.15, -0.1) is 0 Å². The fourth-order valence-electron chi connectivity index (χ4n) is 0.982. The number of carbonyl (C=O) groups is 1. The molecule has 1 aromatic rings. The Morgan fingerprint density at radius 1 is 1.73 bits per heavy atom. The summed E-state index contributed by atoms with van der Waals surface area (Å²) in [5.74, 6) is 0. The third kappa shape index (κ3) is 3.33. The second-order valence-corrected chi connectivity index (χ2v) is 3.97. The van der Waals surface area contributed by atoms with Crippen LogP contribution in [0.15, 0.2) is 16.7 Å². The molecule has 82 valence electrons. The molecule has 0 spiro atoms. The molecule has 0 aromatic carbocycles. The number of hydrogen-bond donors (Lipinski definition) is 3. The van der Waals surface area contributed by atoms with Gasteiger partial charge in [-0.1, -0.05) is 11.6 Å². The van der Waals surface area contributed by atoms with E-state index in [4.69, 9.17) is 21.8 Å². The van der Waals surface area contributed by atoms with Gasteiger partial charge in [0.1, 0.15) is 0 Å². The van der Waals surface area contributed by atoms with Crippen molar-refractivity contribution in [3.63, 3.8) is 0 Å². The number of hydrogen-bond acceptors (Lipinski definition) is 3. The van der Waals surface area contributed by atoms with Crippen molar-refractivity contribution in [3.8, 4) is 0 Å². The highest BCUT2D eigenvalue weighted by Gasteiger charge is 2.15. The monoisotopic (exact) mass is 294 g/mol. The van der Waals surface area contributed by atoms with Crippen LogP contribution in [0, 0.1) is 0 Å². The number of nitrogens with one attached hydrogen (secondary N) is 1. The summed E-state index contributed by atoms with van der Waals surface area (Å²) in [6.45, 7) is -0.368. The highest BCUT2D eigenvalue weighted by Crippen LogP contribution is 2.23. The molecule has 0 saturated carbocycles. The van der Waals surface area contributed by atoms with Crippen molar-refractivity contribution in [1.29, 1.82) is 0 Å². The minimum Gasteiger partial charge on any atom is -0.465 e. The van der Waals surface area contributed by atoms with Crippen LogP contribution in [-0.4, -0.2) is 27.9 Å². The van der Waals surface area contributed by atoms with Crippen LogP contribution in [0.25, 0.3) is 0 Å². The molecule has 3 N–H and O–H groups in total. The molecule has 0 aliphatic rings. The second kappa shape index (κ2) is 5.29. The third-order valence-corrected chi connectivity index (χ3v) is 2.85. The van der Waals surface area contributed by atoms with E-state index in [1.54, 1.807) is 6.07 Å². The molecule has 0 fully saturated rings. The van der Waals surface area contributed by atoms with E-state index in [-0.39, 0.29) is 6.61 Å². The van der Waals surface area contributed by atoms with Crippen molar-refractivity contribution >= 4 is 33.6 Å². The molecule has 0 aliphatic heterocycles. The van der Waals surface area contributed by atoms with E-state index in [0.29, 0.717) is 15.2 Å². The maximum atomic E-state index is 10.4. The van der Waals surface area contributed by atoms with Gasteiger partial charge >= 0.3 is 6.09 Å². The minimum atomic E-state index is -1.22. The van der Waals surface area contributed by atoms with E-state index < -0.39 is 12.1 Å². The van der Waals surface area contributed by atoms with E-state index in [9.17, 15) is 4.79 Å². The summed E-state index contributed by atoms with van der Waals surface area (Å²) in [6, 6.07) is 0.801. The highest BCUT2D eigenvalue weighted by atomic mass is 79.9. The Morgan fingerprint density at radius 3 is 2.87 bits per heavy atom. The molecular formula is C8H8BrClN2O3. The van der Waals surface area contributed by atoms with Crippen LogP contribution in [0.2, 0.25) is 5.02 Å². The molecule has 1 rings (SSSR count). The molecule has 0 bridgehead atoms. The normalized spacial score (nSPS) is 12.2. The largest absolute Gasteiger partial charge is 0.465 e. The first-order valence-corrected chi connectivity index (χ1v) is 5.13. The van der Waals surface area contributed by atoms with Gasteiger partial charge in [-0.05, 0) is 22.0 Å². The molecule has 0 aliphatic carbocycles. The summed E-state index contributed by atoms with van der Waals surface area (Å²) in [6.07, 6.45) is 0.162. The first kappa shape index (κ1) is 12.2. The number of aliphatic hydroxyl groups excluding tert-OH is 1. The summed E-state index contributed by atoms with van der Waals surface area (Å²) in [5.41, 5.74) is 0.399. The summed E-state index contributed by atoms with van der Waals surface area (Å²) >= 11 is 8.91. The maximum absolute atomic E-state index is 10.4. The Bertz CT molecular complexity index is 375. The topological polar surface area (TPSA) is 82.5 Å². The predicted octanol–water partition coefficient (Wildman–Crippen LogP) is 1.80. The van der Waals surface area contributed by atoms with Crippen molar-refractivity contribution in [3.05, 3.63) is 27.5 Å². The SMILES string of the molecule is O=C(O)N[C@H](CO)c1cc(Br)c(Cl)cn1. The predicted molar refractivity (Wildman–Crippen MR) is 57.9 cm³/mol. The van der Waals surface area contributed by atoms with Crippen LogP contribution in [0.1, 0.15) is 11.7 Å². The number of carboxylic acid groups (broad SMARTS) is 1. The van der Waals surface area contributed by atoms with E-state index >= 15 is 0 Å². The molecule has 0 saturated heterocycles. The van der Waals surface area contributed by atoms with Gasteiger partial charge < -0.3 is 15.5 Å². The number of aromatic nitrogens is 1. The zero-order valence-electron chi connectivity index (χ0n) is 7.44. The molecule has 1 aromatic heterocycles. The molecule has 7 heteroatoms. The second-order valence-electron chi connectivity index (χ2n) is 2.71. The van der Waals surface area contributed by atoms with Gasteiger partial charge in [-0.2, -0.15) is 0 Å². The fourth-order valence-corrected chi connectivity index (χ4v) is 1.42. The summed E-state index contributed by atoms with van der Waals surface area (Å²) in [5, 5.41) is 20.0. The van der Waals surface area contributed by atoms with Crippen LogP contribution in [0.3, 0.4) is 0 Å². The Hall–Kier alpha value is -0.850. The number of rotatable bonds is 3. The van der Waals surface area contributed by atoms with Crippen molar-refractivity contribution in [2.75, 3.05) is 6.61 Å². The van der Waals surface area contributed by atoms with Crippen LogP contribution >= 0.6 is 27.5 Å². The van der Waals surface area contributed by atoms with Crippen LogP contribution in [0.5, 0.6) is 0 Å². The number of nitrogens with zero attached hydrogens (tertiary/aromatic N) is 1. The lowest BCUT2D eigenvalue weighted by Crippen LogP contribution is -2.29. The summed E-state index contributed by atoms with van der Waals surface area (Å²) in [7, 11) is 0. The lowest BCUT2D eigenvalue weighted by Gasteiger charge is -2.13. The van der Waals surface area contributed by atoms with Gasteiger partial charge in [0.25, 0.3) is 0 Å². The lowest BCUT2D eigenvalue weighted by molar-refractivity contribution is 0.177. The Balaban J connectivity index is 2.92. The Morgan fingerprint density at radius 2 is 2.40 bits per heavy atom.